The maximum Gasteiger partial charge on any atom is 0.181 e. The lowest BCUT2D eigenvalue weighted by Gasteiger charge is -2.26. The van der Waals surface area contributed by atoms with Crippen molar-refractivity contribution >= 4 is 44.1 Å². The number of hydrogen-bond acceptors (Lipinski definition) is 7. The van der Waals surface area contributed by atoms with E-state index in [0.29, 0.717) is 51.6 Å². The summed E-state index contributed by atoms with van der Waals surface area (Å²) < 4.78 is 1.71. The molecule has 3 aromatic heterocycles. The van der Waals surface area contributed by atoms with Crippen LogP contribution in [0.3, 0.4) is 0 Å². The fourth-order valence-corrected chi connectivity index (χ4v) is 7.81. The number of nitrogens with one attached hydrogen (secondary N) is 1. The molecule has 0 aliphatic carbocycles. The van der Waals surface area contributed by atoms with Gasteiger partial charge in [0.25, 0.3) is 0 Å². The number of H-pyrrole nitrogens is 1. The van der Waals surface area contributed by atoms with Gasteiger partial charge in [0.2, 0.25) is 0 Å². The molecule has 1 N–H and O–H groups in total. The van der Waals surface area contributed by atoms with E-state index in [1.54, 1.807) is 4.73 Å². The summed E-state index contributed by atoms with van der Waals surface area (Å²) in [6, 6.07) is 51.0. The Morgan fingerprint density at radius 3 is 1.29 bits per heavy atom. The number of hydrogen-bond donors (Lipinski definition) is 1. The van der Waals surface area contributed by atoms with E-state index in [0.717, 1.165) is 43.8 Å². The molecule has 0 spiro atoms. The van der Waals surface area contributed by atoms with E-state index in [4.69, 9.17) is 34.7 Å². The van der Waals surface area contributed by atoms with E-state index in [-0.39, 0.29) is 5.41 Å². The largest absolute Gasteiger partial charge is 0.372 e. The molecule has 9 heteroatoms. The van der Waals surface area contributed by atoms with Crippen LogP contribution in [-0.2, 0) is 5.41 Å². The van der Waals surface area contributed by atoms with Crippen molar-refractivity contribution in [1.82, 2.24) is 39.6 Å². The number of aromatic nitrogens is 8. The third-order valence-electron chi connectivity index (χ3n) is 10.8. The molecule has 0 unspecified atom stereocenters. The fraction of sp³-hybridized carbons (Fsp3) is 0.0638. The molecule has 266 valence electrons. The predicted molar refractivity (Wildman–Crippen MR) is 221 cm³/mol. The molecule has 11 rings (SSSR count). The quantitative estimate of drug-likeness (QED) is 0.192. The second-order valence-corrected chi connectivity index (χ2v) is 14.5. The SMILES string of the molecule is CC(C)(c1ccccc1)c1ccc(On2c3nc4nc(nc5[nH]c(nc6nc(nc2c2ccccc23)-c2ccccc2-6)c2ccccc52)-c2ccccc2-4)cc1. The van der Waals surface area contributed by atoms with Crippen molar-refractivity contribution < 1.29 is 4.84 Å². The van der Waals surface area contributed by atoms with Gasteiger partial charge >= 0.3 is 0 Å². The normalized spacial score (nSPS) is 12.1. The Bertz CT molecular complexity index is 3040. The molecule has 9 nitrogen and oxygen atoms in total. The zero-order valence-electron chi connectivity index (χ0n) is 30.5. The monoisotopic (exact) mass is 724 g/mol. The minimum Gasteiger partial charge on any atom is -0.372 e. The Labute approximate surface area is 321 Å². The van der Waals surface area contributed by atoms with Crippen LogP contribution in [0.4, 0.5) is 0 Å². The van der Waals surface area contributed by atoms with Gasteiger partial charge in [0.1, 0.15) is 11.3 Å². The van der Waals surface area contributed by atoms with Gasteiger partial charge in [0, 0.05) is 49.2 Å². The molecule has 0 radical (unpaired) electrons. The van der Waals surface area contributed by atoms with E-state index in [9.17, 15) is 0 Å². The van der Waals surface area contributed by atoms with Crippen LogP contribution in [0, 0.1) is 0 Å². The summed E-state index contributed by atoms with van der Waals surface area (Å²) >= 11 is 0. The van der Waals surface area contributed by atoms with Crippen molar-refractivity contribution in [3.63, 3.8) is 0 Å². The molecular formula is C47H32N8O. The Morgan fingerprint density at radius 2 is 0.804 bits per heavy atom. The molecule has 8 bridgehead atoms. The van der Waals surface area contributed by atoms with Crippen molar-refractivity contribution in [2.75, 3.05) is 0 Å². The van der Waals surface area contributed by atoms with E-state index in [2.05, 4.69) is 55.2 Å². The van der Waals surface area contributed by atoms with Crippen molar-refractivity contribution in [2.24, 2.45) is 0 Å². The predicted octanol–water partition coefficient (Wildman–Crippen LogP) is 10.5. The zero-order chi connectivity index (χ0) is 37.4. The van der Waals surface area contributed by atoms with Crippen LogP contribution >= 0.6 is 0 Å². The van der Waals surface area contributed by atoms with Crippen LogP contribution < -0.4 is 4.84 Å². The molecule has 0 saturated carbocycles. The molecule has 0 saturated heterocycles. The van der Waals surface area contributed by atoms with Gasteiger partial charge in [-0.1, -0.05) is 153 Å². The lowest BCUT2D eigenvalue weighted by molar-refractivity contribution is 0.237. The van der Waals surface area contributed by atoms with E-state index >= 15 is 0 Å². The first-order chi connectivity index (χ1) is 27.5. The van der Waals surface area contributed by atoms with E-state index in [1.807, 2.05) is 115 Å². The van der Waals surface area contributed by atoms with E-state index in [1.165, 1.54) is 11.1 Å². The molecular weight excluding hydrogens is 693 g/mol. The van der Waals surface area contributed by atoms with Crippen molar-refractivity contribution in [3.8, 4) is 51.3 Å². The van der Waals surface area contributed by atoms with Gasteiger partial charge in [-0.05, 0) is 23.3 Å². The summed E-state index contributed by atoms with van der Waals surface area (Å²) in [7, 11) is 0. The lowest BCUT2D eigenvalue weighted by atomic mass is 9.78. The van der Waals surface area contributed by atoms with Gasteiger partial charge < -0.3 is 9.82 Å². The summed E-state index contributed by atoms with van der Waals surface area (Å²) in [5, 5.41) is 3.56. The van der Waals surface area contributed by atoms with Crippen LogP contribution in [0.25, 0.3) is 89.7 Å². The minimum absolute atomic E-state index is 0.209. The van der Waals surface area contributed by atoms with Crippen molar-refractivity contribution in [1.29, 1.82) is 0 Å². The highest BCUT2D eigenvalue weighted by atomic mass is 16.7. The summed E-state index contributed by atoms with van der Waals surface area (Å²) in [5.74, 6) is 2.76. The van der Waals surface area contributed by atoms with Crippen LogP contribution in [0.15, 0.2) is 152 Å². The van der Waals surface area contributed by atoms with Gasteiger partial charge in [-0.2, -0.15) is 0 Å². The van der Waals surface area contributed by atoms with Crippen LogP contribution in [0.5, 0.6) is 5.75 Å². The highest BCUT2D eigenvalue weighted by Gasteiger charge is 2.25. The minimum atomic E-state index is -0.209. The molecule has 0 atom stereocenters. The third-order valence-corrected chi connectivity index (χ3v) is 10.8. The smallest absolute Gasteiger partial charge is 0.181 e. The van der Waals surface area contributed by atoms with Crippen LogP contribution in [-0.4, -0.2) is 39.6 Å². The van der Waals surface area contributed by atoms with Gasteiger partial charge in [-0.15, -0.1) is 4.73 Å². The van der Waals surface area contributed by atoms with Gasteiger partial charge in [0.15, 0.2) is 40.3 Å². The number of rotatable bonds is 4. The molecule has 2 aliphatic heterocycles. The Morgan fingerprint density at radius 1 is 0.411 bits per heavy atom. The average Bonchev–Trinajstić information content (AvgIpc) is 3.96. The van der Waals surface area contributed by atoms with Crippen molar-refractivity contribution in [3.05, 3.63) is 163 Å². The maximum atomic E-state index is 6.86. The average molecular weight is 725 g/mol. The lowest BCUT2D eigenvalue weighted by Crippen LogP contribution is -2.18. The van der Waals surface area contributed by atoms with Gasteiger partial charge in [-0.3, -0.25) is 0 Å². The highest BCUT2D eigenvalue weighted by molar-refractivity contribution is 6.06. The zero-order valence-corrected chi connectivity index (χ0v) is 30.5. The molecule has 0 fully saturated rings. The first kappa shape index (κ1) is 32.0. The summed E-state index contributed by atoms with van der Waals surface area (Å²) in [5.41, 5.74) is 8.08. The van der Waals surface area contributed by atoms with Gasteiger partial charge in [-0.25, -0.2) is 29.9 Å². The van der Waals surface area contributed by atoms with Crippen LogP contribution in [0.2, 0.25) is 0 Å². The molecule has 6 aromatic carbocycles. The number of fused-ring (bicyclic) bond motifs is 20. The van der Waals surface area contributed by atoms with E-state index < -0.39 is 0 Å². The Hall–Kier alpha value is -7.52. The third kappa shape index (κ3) is 5.01. The number of nitrogens with zero attached hydrogens (tertiary/aromatic N) is 7. The second-order valence-electron chi connectivity index (χ2n) is 14.5. The molecule has 5 heterocycles. The maximum absolute atomic E-state index is 6.86. The standard InChI is InChI=1S/C47H32N8O/c1-47(2,28-14-4-3-5-15-28)29-24-26-30(27-25-29)56-55-45-37-22-12-13-23-38(37)46(55)54-44-36-21-11-9-19-34(36)42(52-44)50-40-32-17-7-6-16-31(32)39(48-40)49-41-33-18-8-10-20-35(33)43(51-41)53-45/h3-27H,1-2H3,(H,48,49,50,51,52,53,54). The van der Waals surface area contributed by atoms with Crippen molar-refractivity contribution in [2.45, 2.75) is 19.3 Å². The number of benzene rings is 6. The summed E-state index contributed by atoms with van der Waals surface area (Å²) in [6.45, 7) is 4.47. The Balaban J connectivity index is 1.22. The number of aromatic amines is 1. The molecule has 2 aliphatic rings. The summed E-state index contributed by atoms with van der Waals surface area (Å²) in [4.78, 5) is 41.4. The highest BCUT2D eigenvalue weighted by Crippen LogP contribution is 2.38. The first-order valence-corrected chi connectivity index (χ1v) is 18.6. The van der Waals surface area contributed by atoms with Gasteiger partial charge in [0.05, 0.1) is 0 Å². The topological polar surface area (TPSA) is 107 Å². The fourth-order valence-electron chi connectivity index (χ4n) is 7.81. The molecule has 9 aromatic rings. The molecule has 0 amide bonds. The molecule has 56 heavy (non-hydrogen) atoms. The first-order valence-electron chi connectivity index (χ1n) is 18.6. The van der Waals surface area contributed by atoms with Crippen LogP contribution in [0.1, 0.15) is 25.0 Å². The summed E-state index contributed by atoms with van der Waals surface area (Å²) in [6.07, 6.45) is 0. The Kier molecular flexibility index (Phi) is 6.99. The second kappa shape index (κ2) is 12.3.